The summed E-state index contributed by atoms with van der Waals surface area (Å²) in [4.78, 5) is 10.2. The topological polar surface area (TPSA) is 37.3 Å². The summed E-state index contributed by atoms with van der Waals surface area (Å²) in [5.74, 6) is -0.661. The summed E-state index contributed by atoms with van der Waals surface area (Å²) in [5.41, 5.74) is 0. The second-order valence-corrected chi connectivity index (χ2v) is 3.62. The summed E-state index contributed by atoms with van der Waals surface area (Å²) in [6, 6.07) is 0. The molecule has 3 heteroatoms. The van der Waals surface area contributed by atoms with Gasteiger partial charge in [-0.25, -0.2) is 0 Å². The van der Waals surface area contributed by atoms with Crippen molar-refractivity contribution in [2.75, 3.05) is 0 Å². The molecule has 0 fully saturated rings. The van der Waals surface area contributed by atoms with E-state index in [0.29, 0.717) is 6.42 Å². The fraction of sp³-hybridized carbons (Fsp3) is 0.800. The van der Waals surface area contributed by atoms with Gasteiger partial charge in [-0.1, -0.05) is 51.9 Å². The van der Waals surface area contributed by atoms with Crippen molar-refractivity contribution >= 4 is 5.97 Å². The zero-order valence-electron chi connectivity index (χ0n) is 12.8. The van der Waals surface area contributed by atoms with Crippen LogP contribution in [0, 0.1) is 13.8 Å². The van der Waals surface area contributed by atoms with Crippen molar-refractivity contribution in [2.24, 2.45) is 0 Å². The van der Waals surface area contributed by atoms with Gasteiger partial charge in [0.05, 0.1) is 0 Å². The van der Waals surface area contributed by atoms with Crippen molar-refractivity contribution in [3.63, 3.8) is 0 Å². The Kier molecular flexibility index (Phi) is 44.8. The maximum Gasteiger partial charge on any atom is 2.00 e. The van der Waals surface area contributed by atoms with Gasteiger partial charge in [-0.05, 0) is 6.42 Å². The van der Waals surface area contributed by atoms with Gasteiger partial charge < -0.3 is 19.0 Å². The van der Waals surface area contributed by atoms with Crippen LogP contribution in [0.3, 0.4) is 0 Å². The Labute approximate surface area is 128 Å². The number of carbonyl (C=O) groups is 1. The molecule has 18 heavy (non-hydrogen) atoms. The third-order valence-electron chi connectivity index (χ3n) is 2.24. The molecule has 0 saturated carbocycles. The van der Waals surface area contributed by atoms with E-state index >= 15 is 0 Å². The number of carboxylic acid groups (broad SMARTS) is 1. The Bertz CT molecular complexity index is 128. The van der Waals surface area contributed by atoms with Crippen LogP contribution in [0.5, 0.6) is 0 Å². The van der Waals surface area contributed by atoms with Gasteiger partial charge in [0.2, 0.25) is 0 Å². The number of hydrogen-bond acceptors (Lipinski definition) is 1. The van der Waals surface area contributed by atoms with Crippen LogP contribution in [0.25, 0.3) is 0 Å². The molecule has 0 rings (SSSR count). The first kappa shape index (κ1) is 26.6. The van der Waals surface area contributed by atoms with Crippen molar-refractivity contribution in [1.29, 1.82) is 0 Å². The first-order chi connectivity index (χ1) is 8.27. The van der Waals surface area contributed by atoms with E-state index in [1.807, 2.05) is 0 Å². The molecule has 0 aliphatic carbocycles. The average molecular weight is 310 g/mol. The predicted octanol–water partition coefficient (Wildman–Crippen LogP) is 5.28. The molecule has 1 N–H and O–H groups in total. The Morgan fingerprint density at radius 1 is 0.833 bits per heavy atom. The van der Waals surface area contributed by atoms with Gasteiger partial charge in [0.15, 0.2) is 0 Å². The molecule has 0 aromatic rings. The fourth-order valence-electron chi connectivity index (χ4n) is 1.41. The van der Waals surface area contributed by atoms with Gasteiger partial charge in [-0.2, -0.15) is 13.8 Å². The summed E-state index contributed by atoms with van der Waals surface area (Å²) in [6.07, 6.45) is 10.1. The molecule has 0 amide bonds. The number of hydrogen-bond donors (Lipinski definition) is 1. The average Bonchev–Trinajstić information content (AvgIpc) is 2.37. The number of rotatable bonds is 9. The second-order valence-electron chi connectivity index (χ2n) is 3.62. The van der Waals surface area contributed by atoms with Gasteiger partial charge in [-0.3, -0.25) is 4.79 Å². The van der Waals surface area contributed by atoms with E-state index in [4.69, 9.17) is 5.11 Å². The van der Waals surface area contributed by atoms with Crippen LogP contribution in [-0.2, 0) is 24.3 Å². The van der Waals surface area contributed by atoms with E-state index in [-0.39, 0.29) is 19.5 Å². The fourth-order valence-corrected chi connectivity index (χ4v) is 1.41. The normalized spacial score (nSPS) is 8.06. The SMILES string of the molecule is CCCCCCCCCCC(=O)O.[CH2-]C.[CH2-]C.[Zn+2]. The smallest absolute Gasteiger partial charge is 0.481 e. The van der Waals surface area contributed by atoms with Crippen LogP contribution < -0.4 is 0 Å². The molecule has 0 aliphatic heterocycles. The van der Waals surface area contributed by atoms with Crippen LogP contribution in [-0.4, -0.2) is 11.1 Å². The van der Waals surface area contributed by atoms with Gasteiger partial charge in [0, 0.05) is 6.42 Å². The Hall–Kier alpha value is 0.0934. The monoisotopic (exact) mass is 308 g/mol. The molecule has 0 heterocycles. The van der Waals surface area contributed by atoms with Crippen LogP contribution in [0.2, 0.25) is 0 Å². The summed E-state index contributed by atoms with van der Waals surface area (Å²) in [7, 11) is 0. The number of unbranched alkanes of at least 4 members (excludes halogenated alkanes) is 7. The Morgan fingerprint density at radius 2 is 1.17 bits per heavy atom. The molecule has 0 radical (unpaired) electrons. The van der Waals surface area contributed by atoms with Crippen LogP contribution in [0.1, 0.15) is 78.6 Å². The summed E-state index contributed by atoms with van der Waals surface area (Å²) >= 11 is 0. The predicted molar refractivity (Wildman–Crippen MR) is 76.9 cm³/mol. The molecular weight excluding hydrogens is 278 g/mol. The van der Waals surface area contributed by atoms with Crippen molar-refractivity contribution in [2.45, 2.75) is 78.6 Å². The van der Waals surface area contributed by atoms with Gasteiger partial charge >= 0.3 is 25.4 Å². The summed E-state index contributed by atoms with van der Waals surface area (Å²) < 4.78 is 0. The van der Waals surface area contributed by atoms with Crippen molar-refractivity contribution < 1.29 is 29.4 Å². The summed E-state index contributed by atoms with van der Waals surface area (Å²) in [5, 5.41) is 8.39. The molecule has 0 spiro atoms. The van der Waals surface area contributed by atoms with Gasteiger partial charge in [0.1, 0.15) is 0 Å². The molecular formula is C15H32O2Zn. The maximum atomic E-state index is 10.2. The quantitative estimate of drug-likeness (QED) is 0.357. The van der Waals surface area contributed by atoms with Crippen LogP contribution >= 0.6 is 0 Å². The molecule has 0 aromatic heterocycles. The molecule has 106 valence electrons. The Morgan fingerprint density at radius 3 is 1.50 bits per heavy atom. The largest absolute Gasteiger partial charge is 2.00 e. The summed E-state index contributed by atoms with van der Waals surface area (Å²) in [6.45, 7) is 12.2. The number of carboxylic acids is 1. The Balaban J connectivity index is -0.000000177. The van der Waals surface area contributed by atoms with Gasteiger partial charge in [-0.15, -0.1) is 0 Å². The maximum absolute atomic E-state index is 10.2. The van der Waals surface area contributed by atoms with E-state index in [9.17, 15) is 4.79 Å². The molecule has 0 atom stereocenters. The van der Waals surface area contributed by atoms with Gasteiger partial charge in [0.25, 0.3) is 0 Å². The molecule has 0 bridgehead atoms. The minimum absolute atomic E-state index is 0. The first-order valence-electron chi connectivity index (χ1n) is 6.90. The zero-order chi connectivity index (χ0) is 13.9. The van der Waals surface area contributed by atoms with Crippen LogP contribution in [0.15, 0.2) is 0 Å². The minimum atomic E-state index is -0.661. The van der Waals surface area contributed by atoms with E-state index in [1.54, 1.807) is 13.8 Å². The molecule has 0 unspecified atom stereocenters. The van der Waals surface area contributed by atoms with Crippen molar-refractivity contribution in [3.8, 4) is 0 Å². The van der Waals surface area contributed by atoms with Crippen molar-refractivity contribution in [3.05, 3.63) is 13.8 Å². The molecule has 2 nitrogen and oxygen atoms in total. The number of aliphatic carboxylic acids is 1. The van der Waals surface area contributed by atoms with E-state index in [1.165, 1.54) is 38.5 Å². The van der Waals surface area contributed by atoms with E-state index < -0.39 is 5.97 Å². The van der Waals surface area contributed by atoms with Crippen molar-refractivity contribution in [1.82, 2.24) is 0 Å². The van der Waals surface area contributed by atoms with Crippen LogP contribution in [0.4, 0.5) is 0 Å². The molecule has 0 aliphatic rings. The molecule has 0 aromatic carbocycles. The minimum Gasteiger partial charge on any atom is -0.481 e. The van der Waals surface area contributed by atoms with E-state index in [0.717, 1.165) is 12.8 Å². The van der Waals surface area contributed by atoms with E-state index in [2.05, 4.69) is 20.8 Å². The standard InChI is InChI=1S/C11H22O2.2C2H5.Zn/c1-2-3-4-5-6-7-8-9-10-11(12)13;2*1-2;/h2-10H2,1H3,(H,12,13);2*1H2,2H3;/q;2*-1;+2. The third kappa shape index (κ3) is 36.0. The molecule has 0 saturated heterocycles. The second kappa shape index (κ2) is 30.3. The zero-order valence-corrected chi connectivity index (χ0v) is 15.8. The third-order valence-corrected chi connectivity index (χ3v) is 2.24. The first-order valence-corrected chi connectivity index (χ1v) is 6.90.